The summed E-state index contributed by atoms with van der Waals surface area (Å²) in [5.74, 6) is 0.155. The predicted molar refractivity (Wildman–Crippen MR) is 103 cm³/mol. The van der Waals surface area contributed by atoms with Gasteiger partial charge in [0, 0.05) is 57.2 Å². The predicted octanol–water partition coefficient (Wildman–Crippen LogP) is 2.71. The molecule has 0 saturated carbocycles. The highest BCUT2D eigenvalue weighted by molar-refractivity contribution is 5.89. The van der Waals surface area contributed by atoms with Gasteiger partial charge in [-0.2, -0.15) is 4.98 Å². The van der Waals surface area contributed by atoms with Gasteiger partial charge in [0.05, 0.1) is 0 Å². The number of hydrogen-bond donors (Lipinski definition) is 1. The van der Waals surface area contributed by atoms with Crippen LogP contribution in [-0.4, -0.2) is 60.2 Å². The molecule has 0 atom stereocenters. The number of hydrogen-bond acceptors (Lipinski definition) is 5. The second-order valence-corrected chi connectivity index (χ2v) is 6.97. The molecule has 3 heterocycles. The maximum Gasteiger partial charge on any atom is 0.321 e. The largest absolute Gasteiger partial charge is 0.353 e. The summed E-state index contributed by atoms with van der Waals surface area (Å²) in [6.45, 7) is 4.21. The van der Waals surface area contributed by atoms with Gasteiger partial charge in [-0.25, -0.2) is 18.6 Å². The summed E-state index contributed by atoms with van der Waals surface area (Å²) in [6.07, 6.45) is 4.10. The minimum absolute atomic E-state index is 0.107. The van der Waals surface area contributed by atoms with E-state index in [9.17, 15) is 13.6 Å². The number of rotatable bonds is 3. The third-order valence-electron chi connectivity index (χ3n) is 5.02. The van der Waals surface area contributed by atoms with Gasteiger partial charge in [0.25, 0.3) is 0 Å². The highest BCUT2D eigenvalue weighted by Crippen LogP contribution is 2.20. The number of nitrogens with one attached hydrogen (secondary N) is 1. The van der Waals surface area contributed by atoms with E-state index in [1.54, 1.807) is 11.1 Å². The molecule has 0 unspecified atom stereocenters. The summed E-state index contributed by atoms with van der Waals surface area (Å²) in [6, 6.07) is 4.47. The van der Waals surface area contributed by atoms with Gasteiger partial charge in [-0.3, -0.25) is 0 Å². The van der Waals surface area contributed by atoms with Crippen LogP contribution in [0.25, 0.3) is 0 Å². The van der Waals surface area contributed by atoms with E-state index in [4.69, 9.17) is 0 Å². The summed E-state index contributed by atoms with van der Waals surface area (Å²) >= 11 is 0. The number of anilines is 3. The molecule has 0 bridgehead atoms. The Balaban J connectivity index is 1.35. The molecule has 1 N–H and O–H groups in total. The quantitative estimate of drug-likeness (QED) is 0.876. The van der Waals surface area contributed by atoms with Gasteiger partial charge in [0.2, 0.25) is 5.95 Å². The average molecular weight is 388 g/mol. The number of amides is 2. The zero-order valence-corrected chi connectivity index (χ0v) is 15.4. The Bertz CT molecular complexity index is 830. The molecule has 1 aromatic heterocycles. The number of urea groups is 1. The minimum atomic E-state index is -0.724. The Kier molecular flexibility index (Phi) is 5.23. The molecule has 2 aliphatic heterocycles. The van der Waals surface area contributed by atoms with E-state index in [1.165, 1.54) is 0 Å². The zero-order valence-electron chi connectivity index (χ0n) is 15.4. The lowest BCUT2D eigenvalue weighted by molar-refractivity contribution is 0.208. The van der Waals surface area contributed by atoms with Gasteiger partial charge in [-0.1, -0.05) is 0 Å². The molecule has 1 aromatic carbocycles. The van der Waals surface area contributed by atoms with Gasteiger partial charge in [-0.15, -0.1) is 0 Å². The number of halogens is 2. The van der Waals surface area contributed by atoms with Crippen LogP contribution < -0.4 is 15.1 Å². The Hall–Kier alpha value is -2.97. The van der Waals surface area contributed by atoms with Crippen LogP contribution in [0.15, 0.2) is 30.5 Å². The molecule has 2 fully saturated rings. The second kappa shape index (κ2) is 7.95. The normalized spacial score (nSPS) is 17.1. The first kappa shape index (κ1) is 18.4. The Morgan fingerprint density at radius 2 is 1.61 bits per heavy atom. The maximum atomic E-state index is 13.3. The van der Waals surface area contributed by atoms with E-state index >= 15 is 0 Å². The van der Waals surface area contributed by atoms with Crippen LogP contribution in [0, 0.1) is 11.6 Å². The Morgan fingerprint density at radius 3 is 2.29 bits per heavy atom. The molecule has 0 radical (unpaired) electrons. The molecule has 0 aliphatic carbocycles. The monoisotopic (exact) mass is 388 g/mol. The number of carbonyl (C=O) groups is 1. The molecule has 28 heavy (non-hydrogen) atoms. The fourth-order valence-corrected chi connectivity index (χ4v) is 3.55. The minimum Gasteiger partial charge on any atom is -0.353 e. The van der Waals surface area contributed by atoms with Crippen molar-refractivity contribution in [2.45, 2.75) is 12.8 Å². The van der Waals surface area contributed by atoms with Crippen molar-refractivity contribution in [3.05, 3.63) is 42.1 Å². The van der Waals surface area contributed by atoms with Gasteiger partial charge in [-0.05, 0) is 31.0 Å². The van der Waals surface area contributed by atoms with E-state index in [2.05, 4.69) is 25.1 Å². The van der Waals surface area contributed by atoms with Crippen molar-refractivity contribution < 1.29 is 13.6 Å². The van der Waals surface area contributed by atoms with E-state index in [-0.39, 0.29) is 11.7 Å². The average Bonchev–Trinajstić information content (AvgIpc) is 3.22. The molecular weight excluding hydrogens is 366 g/mol. The molecular formula is C19H22F2N6O. The van der Waals surface area contributed by atoms with Gasteiger partial charge < -0.3 is 20.0 Å². The molecule has 2 saturated heterocycles. The fraction of sp³-hybridized carbons (Fsp3) is 0.421. The molecule has 4 rings (SSSR count). The van der Waals surface area contributed by atoms with Crippen molar-refractivity contribution in [2.24, 2.45) is 0 Å². The lowest BCUT2D eigenvalue weighted by Gasteiger charge is -2.35. The van der Waals surface area contributed by atoms with Crippen LogP contribution in [0.4, 0.5) is 31.0 Å². The molecule has 148 valence electrons. The van der Waals surface area contributed by atoms with E-state index in [1.807, 2.05) is 6.07 Å². The van der Waals surface area contributed by atoms with Crippen LogP contribution >= 0.6 is 0 Å². The summed E-state index contributed by atoms with van der Waals surface area (Å²) in [5.41, 5.74) is 0.107. The third-order valence-corrected chi connectivity index (χ3v) is 5.02. The van der Waals surface area contributed by atoms with Crippen molar-refractivity contribution in [1.82, 2.24) is 14.9 Å². The lowest BCUT2D eigenvalue weighted by atomic mass is 10.3. The van der Waals surface area contributed by atoms with E-state index in [0.29, 0.717) is 26.2 Å². The Morgan fingerprint density at radius 1 is 0.929 bits per heavy atom. The van der Waals surface area contributed by atoms with Crippen molar-refractivity contribution in [2.75, 3.05) is 54.4 Å². The number of piperazine rings is 1. The molecule has 2 aliphatic rings. The van der Waals surface area contributed by atoms with Crippen LogP contribution in [-0.2, 0) is 0 Å². The molecule has 7 nitrogen and oxygen atoms in total. The summed E-state index contributed by atoms with van der Waals surface area (Å²) in [5, 5.41) is 2.55. The molecule has 2 aromatic rings. The van der Waals surface area contributed by atoms with E-state index < -0.39 is 11.6 Å². The van der Waals surface area contributed by atoms with Crippen LogP contribution in [0.1, 0.15) is 12.8 Å². The first-order valence-corrected chi connectivity index (χ1v) is 9.43. The fourth-order valence-electron chi connectivity index (χ4n) is 3.55. The zero-order chi connectivity index (χ0) is 19.5. The lowest BCUT2D eigenvalue weighted by Crippen LogP contribution is -2.50. The van der Waals surface area contributed by atoms with Crippen molar-refractivity contribution >= 4 is 23.5 Å². The second-order valence-electron chi connectivity index (χ2n) is 6.97. The summed E-state index contributed by atoms with van der Waals surface area (Å²) < 4.78 is 26.6. The maximum absolute atomic E-state index is 13.3. The van der Waals surface area contributed by atoms with Crippen LogP contribution in [0.5, 0.6) is 0 Å². The highest BCUT2D eigenvalue weighted by Gasteiger charge is 2.23. The topological polar surface area (TPSA) is 64.6 Å². The van der Waals surface area contributed by atoms with Gasteiger partial charge in [0.1, 0.15) is 17.5 Å². The van der Waals surface area contributed by atoms with Crippen molar-refractivity contribution in [3.8, 4) is 0 Å². The highest BCUT2D eigenvalue weighted by atomic mass is 19.1. The molecule has 2 amide bonds. The van der Waals surface area contributed by atoms with Gasteiger partial charge >= 0.3 is 6.03 Å². The molecule has 0 spiro atoms. The number of carbonyl (C=O) groups excluding carboxylic acids is 1. The number of aromatic nitrogens is 2. The first-order chi connectivity index (χ1) is 13.6. The number of benzene rings is 1. The third kappa shape index (κ3) is 4.13. The Labute approximate surface area is 162 Å². The standard InChI is InChI=1S/C19H22F2N6O/c20-14-11-15(21)13-16(12-14)23-19(28)27-9-7-25(8-10-27)17-3-4-22-18(24-17)26-5-1-2-6-26/h3-4,11-13H,1-2,5-10H2,(H,23,28). The first-order valence-electron chi connectivity index (χ1n) is 9.43. The summed E-state index contributed by atoms with van der Waals surface area (Å²) in [4.78, 5) is 27.4. The number of nitrogens with zero attached hydrogens (tertiary/aromatic N) is 5. The SMILES string of the molecule is O=C(Nc1cc(F)cc(F)c1)N1CCN(c2ccnc(N3CCCC3)n2)CC1. The smallest absolute Gasteiger partial charge is 0.321 e. The van der Waals surface area contributed by atoms with Crippen LogP contribution in [0.3, 0.4) is 0 Å². The van der Waals surface area contributed by atoms with E-state index in [0.717, 1.165) is 55.9 Å². The van der Waals surface area contributed by atoms with Crippen molar-refractivity contribution in [3.63, 3.8) is 0 Å². The summed E-state index contributed by atoms with van der Waals surface area (Å²) in [7, 11) is 0. The molecule has 9 heteroatoms. The van der Waals surface area contributed by atoms with Crippen molar-refractivity contribution in [1.29, 1.82) is 0 Å². The van der Waals surface area contributed by atoms with Crippen LogP contribution in [0.2, 0.25) is 0 Å². The van der Waals surface area contributed by atoms with Gasteiger partial charge in [0.15, 0.2) is 0 Å².